The number of ether oxygens (including phenoxy) is 2. The lowest BCUT2D eigenvalue weighted by Gasteiger charge is -2.13. The molecule has 0 saturated carbocycles. The molecule has 0 unspecified atom stereocenters. The summed E-state index contributed by atoms with van der Waals surface area (Å²) < 4.78 is 10.3. The van der Waals surface area contributed by atoms with Crippen LogP contribution >= 0.6 is 23.2 Å². The fourth-order valence-electron chi connectivity index (χ4n) is 1.91. The van der Waals surface area contributed by atoms with E-state index in [1.165, 1.54) is 14.2 Å². The number of carbonyl (C=O) groups is 1. The maximum Gasteiger partial charge on any atom is 0.319 e. The number of methoxy groups -OCH3 is 2. The van der Waals surface area contributed by atoms with Crippen molar-refractivity contribution in [1.29, 1.82) is 0 Å². The Morgan fingerprint density at radius 1 is 1.04 bits per heavy atom. The zero-order chi connectivity index (χ0) is 16.8. The van der Waals surface area contributed by atoms with Crippen LogP contribution in [0.3, 0.4) is 0 Å². The molecule has 2 rings (SSSR count). The third-order valence-electron chi connectivity index (χ3n) is 3.09. The highest BCUT2D eigenvalue weighted by Gasteiger charge is 2.12. The minimum atomic E-state index is -0.373. The van der Waals surface area contributed by atoms with E-state index < -0.39 is 0 Å². The second-order valence-electron chi connectivity index (χ2n) is 4.62. The summed E-state index contributed by atoms with van der Waals surface area (Å²) in [6, 6.07) is 10.0. The van der Waals surface area contributed by atoms with Crippen molar-refractivity contribution in [3.63, 3.8) is 0 Å². The van der Waals surface area contributed by atoms with Crippen LogP contribution in [0.4, 0.5) is 10.5 Å². The largest absolute Gasteiger partial charge is 0.495 e. The molecule has 0 saturated heterocycles. The molecular formula is C16H16Cl2N2O3. The molecule has 0 aliphatic rings. The Hall–Kier alpha value is -2.11. The third kappa shape index (κ3) is 4.68. The zero-order valence-electron chi connectivity index (χ0n) is 12.7. The van der Waals surface area contributed by atoms with Gasteiger partial charge in [-0.15, -0.1) is 0 Å². The molecule has 0 radical (unpaired) electrons. The molecule has 2 aromatic rings. The van der Waals surface area contributed by atoms with E-state index in [1.807, 2.05) is 12.1 Å². The number of carbonyl (C=O) groups excluding carboxylic acids is 1. The Labute approximate surface area is 144 Å². The van der Waals surface area contributed by atoms with E-state index in [4.69, 9.17) is 32.7 Å². The van der Waals surface area contributed by atoms with Gasteiger partial charge < -0.3 is 20.1 Å². The lowest BCUT2D eigenvalue weighted by atomic mass is 10.2. The van der Waals surface area contributed by atoms with Gasteiger partial charge in [0.2, 0.25) is 0 Å². The highest BCUT2D eigenvalue weighted by atomic mass is 35.5. The zero-order valence-corrected chi connectivity index (χ0v) is 14.2. The fraction of sp³-hybridized carbons (Fsp3) is 0.188. The number of urea groups is 1. The third-order valence-corrected chi connectivity index (χ3v) is 3.64. The number of rotatable bonds is 5. The van der Waals surface area contributed by atoms with Gasteiger partial charge in [0.25, 0.3) is 0 Å². The average Bonchev–Trinajstić information content (AvgIpc) is 2.55. The van der Waals surface area contributed by atoms with Crippen LogP contribution in [-0.2, 0) is 6.54 Å². The van der Waals surface area contributed by atoms with E-state index in [0.29, 0.717) is 33.8 Å². The molecule has 5 nitrogen and oxygen atoms in total. The summed E-state index contributed by atoms with van der Waals surface area (Å²) in [6.07, 6.45) is 0. The second kappa shape index (κ2) is 7.94. The quantitative estimate of drug-likeness (QED) is 0.839. The van der Waals surface area contributed by atoms with Gasteiger partial charge >= 0.3 is 6.03 Å². The minimum absolute atomic E-state index is 0.371. The number of amides is 2. The summed E-state index contributed by atoms with van der Waals surface area (Å²) in [6.45, 7) is 0.371. The van der Waals surface area contributed by atoms with Crippen molar-refractivity contribution in [3.8, 4) is 11.5 Å². The number of anilines is 1. The van der Waals surface area contributed by atoms with E-state index >= 15 is 0 Å². The Balaban J connectivity index is 2.03. The molecule has 2 N–H and O–H groups in total. The predicted molar refractivity (Wildman–Crippen MR) is 91.9 cm³/mol. The van der Waals surface area contributed by atoms with Crippen molar-refractivity contribution in [2.45, 2.75) is 6.54 Å². The highest BCUT2D eigenvalue weighted by Crippen LogP contribution is 2.35. The topological polar surface area (TPSA) is 59.6 Å². The molecule has 0 spiro atoms. The molecule has 7 heteroatoms. The summed E-state index contributed by atoms with van der Waals surface area (Å²) in [5.74, 6) is 0.887. The standard InChI is InChI=1S/C16H16Cl2N2O3/c1-22-14-8-13(15(23-2)7-12(14)18)20-16(21)19-9-10-3-5-11(17)6-4-10/h3-8H,9H2,1-2H3,(H2,19,20,21). The molecule has 0 aliphatic carbocycles. The van der Waals surface area contributed by atoms with Crippen LogP contribution in [0.15, 0.2) is 36.4 Å². The monoisotopic (exact) mass is 354 g/mol. The van der Waals surface area contributed by atoms with Crippen LogP contribution in [-0.4, -0.2) is 20.3 Å². The molecular weight excluding hydrogens is 339 g/mol. The van der Waals surface area contributed by atoms with Gasteiger partial charge in [-0.05, 0) is 17.7 Å². The van der Waals surface area contributed by atoms with Gasteiger partial charge in [-0.2, -0.15) is 0 Å². The minimum Gasteiger partial charge on any atom is -0.495 e. The Morgan fingerprint density at radius 3 is 2.30 bits per heavy atom. The van der Waals surface area contributed by atoms with Crippen LogP contribution in [0.25, 0.3) is 0 Å². The van der Waals surface area contributed by atoms with Crippen LogP contribution in [0.1, 0.15) is 5.56 Å². The first-order valence-corrected chi connectivity index (χ1v) is 7.50. The van der Waals surface area contributed by atoms with Crippen molar-refractivity contribution >= 4 is 34.9 Å². The lowest BCUT2D eigenvalue weighted by Crippen LogP contribution is -2.28. The number of hydrogen-bond donors (Lipinski definition) is 2. The van der Waals surface area contributed by atoms with Gasteiger partial charge in [-0.25, -0.2) is 4.79 Å². The number of halogens is 2. The first-order valence-electron chi connectivity index (χ1n) is 6.74. The average molecular weight is 355 g/mol. The van der Waals surface area contributed by atoms with E-state index in [2.05, 4.69) is 10.6 Å². The molecule has 2 aromatic carbocycles. The molecule has 0 aliphatic heterocycles. The molecule has 0 bridgehead atoms. The maximum atomic E-state index is 12.0. The summed E-state index contributed by atoms with van der Waals surface area (Å²) in [4.78, 5) is 12.0. The van der Waals surface area contributed by atoms with Gasteiger partial charge in [0.1, 0.15) is 11.5 Å². The van der Waals surface area contributed by atoms with E-state index in [1.54, 1.807) is 24.3 Å². The van der Waals surface area contributed by atoms with E-state index in [0.717, 1.165) is 5.56 Å². The molecule has 0 fully saturated rings. The highest BCUT2D eigenvalue weighted by molar-refractivity contribution is 6.32. The van der Waals surface area contributed by atoms with Gasteiger partial charge in [0.15, 0.2) is 0 Å². The Kier molecular flexibility index (Phi) is 5.96. The first kappa shape index (κ1) is 17.2. The van der Waals surface area contributed by atoms with Crippen molar-refractivity contribution in [2.75, 3.05) is 19.5 Å². The van der Waals surface area contributed by atoms with Crippen molar-refractivity contribution < 1.29 is 14.3 Å². The molecule has 23 heavy (non-hydrogen) atoms. The fourth-order valence-corrected chi connectivity index (χ4v) is 2.27. The van der Waals surface area contributed by atoms with Crippen LogP contribution < -0.4 is 20.1 Å². The summed E-state index contributed by atoms with van der Waals surface area (Å²) in [7, 11) is 2.99. The number of nitrogens with one attached hydrogen (secondary N) is 2. The summed E-state index contributed by atoms with van der Waals surface area (Å²) in [5.41, 5.74) is 1.40. The molecule has 0 atom stereocenters. The van der Waals surface area contributed by atoms with Crippen molar-refractivity contribution in [3.05, 3.63) is 52.0 Å². The Bertz CT molecular complexity index is 690. The molecule has 0 aromatic heterocycles. The second-order valence-corrected chi connectivity index (χ2v) is 5.46. The van der Waals surface area contributed by atoms with Gasteiger partial charge in [0.05, 0.1) is 24.9 Å². The van der Waals surface area contributed by atoms with Crippen molar-refractivity contribution in [1.82, 2.24) is 5.32 Å². The lowest BCUT2D eigenvalue weighted by molar-refractivity contribution is 0.251. The summed E-state index contributed by atoms with van der Waals surface area (Å²) in [5, 5.41) is 6.50. The van der Waals surface area contributed by atoms with E-state index in [9.17, 15) is 4.79 Å². The van der Waals surface area contributed by atoms with Gasteiger partial charge in [-0.1, -0.05) is 35.3 Å². The number of benzene rings is 2. The molecule has 122 valence electrons. The molecule has 0 heterocycles. The molecule has 2 amide bonds. The van der Waals surface area contributed by atoms with Gasteiger partial charge in [-0.3, -0.25) is 0 Å². The Morgan fingerprint density at radius 2 is 1.70 bits per heavy atom. The van der Waals surface area contributed by atoms with E-state index in [-0.39, 0.29) is 6.03 Å². The number of hydrogen-bond acceptors (Lipinski definition) is 3. The van der Waals surface area contributed by atoms with Crippen LogP contribution in [0.2, 0.25) is 10.0 Å². The normalized spacial score (nSPS) is 10.1. The first-order chi connectivity index (χ1) is 11.0. The predicted octanol–water partition coefficient (Wildman–Crippen LogP) is 4.33. The maximum absolute atomic E-state index is 12.0. The smallest absolute Gasteiger partial charge is 0.319 e. The van der Waals surface area contributed by atoms with Crippen LogP contribution in [0, 0.1) is 0 Å². The van der Waals surface area contributed by atoms with Crippen molar-refractivity contribution in [2.24, 2.45) is 0 Å². The summed E-state index contributed by atoms with van der Waals surface area (Å²) >= 11 is 11.8. The van der Waals surface area contributed by atoms with Crippen LogP contribution in [0.5, 0.6) is 11.5 Å². The SMILES string of the molecule is COc1cc(NC(=O)NCc2ccc(Cl)cc2)c(OC)cc1Cl. The van der Waals surface area contributed by atoms with Gasteiger partial charge in [0, 0.05) is 23.7 Å².